The highest BCUT2D eigenvalue weighted by molar-refractivity contribution is 7.54. The zero-order valence-electron chi connectivity index (χ0n) is 14.8. The molecule has 0 aromatic heterocycles. The van der Waals surface area contributed by atoms with E-state index in [-0.39, 0.29) is 0 Å². The van der Waals surface area contributed by atoms with E-state index in [1.807, 2.05) is 54.6 Å². The smallest absolute Gasteiger partial charge is 0.359 e. The molecule has 0 saturated carbocycles. The maximum absolute atomic E-state index is 13.3. The van der Waals surface area contributed by atoms with Crippen molar-refractivity contribution in [3.63, 3.8) is 0 Å². The third-order valence-corrected chi connectivity index (χ3v) is 5.76. The van der Waals surface area contributed by atoms with Crippen LogP contribution < -0.4 is 4.74 Å². The fourth-order valence-corrected chi connectivity index (χ4v) is 4.20. The lowest BCUT2D eigenvalue weighted by Gasteiger charge is -2.23. The molecule has 0 radical (unpaired) electrons. The first-order valence-corrected chi connectivity index (χ1v) is 9.85. The topological polar surface area (TPSA) is 57.1 Å². The van der Waals surface area contributed by atoms with E-state index in [0.29, 0.717) is 13.2 Å². The highest BCUT2D eigenvalue weighted by Crippen LogP contribution is 2.61. The Bertz CT molecular complexity index is 706. The van der Waals surface area contributed by atoms with Crippen LogP contribution in [0.4, 0.5) is 0 Å². The largest absolute Gasteiger partial charge is 0.497 e. The molecule has 2 aromatic carbocycles. The molecule has 1 atom stereocenters. The molecule has 0 heterocycles. The number of benzene rings is 2. The predicted molar refractivity (Wildman–Crippen MR) is 101 cm³/mol. The number of nitrogens with zero attached hydrogens (tertiary/aromatic N) is 1. The number of aliphatic imine (C=N–C) groups is 1. The van der Waals surface area contributed by atoms with Gasteiger partial charge in [0.05, 0.1) is 20.3 Å². The summed E-state index contributed by atoms with van der Waals surface area (Å²) in [6, 6.07) is 16.9. The third-order valence-electron chi connectivity index (χ3n) is 3.50. The van der Waals surface area contributed by atoms with Crippen LogP contribution in [0.5, 0.6) is 5.75 Å². The number of methoxy groups -OCH3 is 1. The van der Waals surface area contributed by atoms with Crippen LogP contribution in [-0.2, 0) is 13.6 Å². The van der Waals surface area contributed by atoms with E-state index in [1.165, 1.54) is 0 Å². The Morgan fingerprint density at radius 2 is 1.60 bits per heavy atom. The summed E-state index contributed by atoms with van der Waals surface area (Å²) in [6.07, 6.45) is 1.68. The van der Waals surface area contributed by atoms with Crippen molar-refractivity contribution in [3.05, 3.63) is 65.7 Å². The molecule has 0 bridgehead atoms. The Hall–Kier alpha value is -1.94. The van der Waals surface area contributed by atoms with E-state index in [2.05, 4.69) is 4.99 Å². The van der Waals surface area contributed by atoms with E-state index >= 15 is 0 Å². The molecule has 0 amide bonds. The molecule has 25 heavy (non-hydrogen) atoms. The summed E-state index contributed by atoms with van der Waals surface area (Å²) < 4.78 is 29.4. The lowest BCUT2D eigenvalue weighted by molar-refractivity contribution is 0.212. The molecule has 0 spiro atoms. The zero-order valence-corrected chi connectivity index (χ0v) is 15.7. The number of ether oxygens (including phenoxy) is 1. The Labute approximate surface area is 149 Å². The minimum absolute atomic E-state index is 0.290. The Morgan fingerprint density at radius 1 is 1.00 bits per heavy atom. The van der Waals surface area contributed by atoms with Crippen LogP contribution in [0.1, 0.15) is 30.8 Å². The van der Waals surface area contributed by atoms with Gasteiger partial charge < -0.3 is 13.8 Å². The molecule has 0 aliphatic carbocycles. The van der Waals surface area contributed by atoms with Gasteiger partial charge >= 0.3 is 7.60 Å². The van der Waals surface area contributed by atoms with Gasteiger partial charge in [-0.15, -0.1) is 0 Å². The van der Waals surface area contributed by atoms with Crippen LogP contribution in [0.3, 0.4) is 0 Å². The van der Waals surface area contributed by atoms with Crippen LogP contribution in [-0.4, -0.2) is 26.5 Å². The van der Waals surface area contributed by atoms with Crippen LogP contribution >= 0.6 is 7.60 Å². The van der Waals surface area contributed by atoms with Gasteiger partial charge in [0.15, 0.2) is 5.78 Å². The van der Waals surface area contributed by atoms with Crippen LogP contribution in [0, 0.1) is 0 Å². The summed E-state index contributed by atoms with van der Waals surface area (Å²) in [7, 11) is -1.81. The second-order valence-corrected chi connectivity index (χ2v) is 7.30. The van der Waals surface area contributed by atoms with Crippen LogP contribution in [0.15, 0.2) is 59.6 Å². The van der Waals surface area contributed by atoms with E-state index in [4.69, 9.17) is 13.8 Å². The second-order valence-electron chi connectivity index (χ2n) is 5.21. The summed E-state index contributed by atoms with van der Waals surface area (Å²) in [4.78, 5) is 4.55. The molecular weight excluding hydrogens is 337 g/mol. The van der Waals surface area contributed by atoms with Crippen LogP contribution in [0.2, 0.25) is 0 Å². The van der Waals surface area contributed by atoms with Gasteiger partial charge in [0.1, 0.15) is 5.75 Å². The van der Waals surface area contributed by atoms with Gasteiger partial charge in [0.2, 0.25) is 0 Å². The normalized spacial score (nSPS) is 13.1. The molecule has 2 aromatic rings. The number of rotatable bonds is 9. The van der Waals surface area contributed by atoms with Gasteiger partial charge in [-0.1, -0.05) is 30.3 Å². The summed E-state index contributed by atoms with van der Waals surface area (Å²) in [5.74, 6) is 0.0572. The Kier molecular flexibility index (Phi) is 7.38. The van der Waals surface area contributed by atoms with E-state index < -0.39 is 13.4 Å². The molecular formula is C19H24NO4P. The second kappa shape index (κ2) is 9.52. The van der Waals surface area contributed by atoms with Crippen molar-refractivity contribution < 1.29 is 18.3 Å². The van der Waals surface area contributed by atoms with Gasteiger partial charge in [0, 0.05) is 6.21 Å². The van der Waals surface area contributed by atoms with E-state index in [9.17, 15) is 4.57 Å². The lowest BCUT2D eigenvalue weighted by atomic mass is 10.2. The van der Waals surface area contributed by atoms with Crippen LogP contribution in [0.25, 0.3) is 0 Å². The average Bonchev–Trinajstić information content (AvgIpc) is 2.63. The average molecular weight is 361 g/mol. The molecule has 0 fully saturated rings. The predicted octanol–water partition coefficient (Wildman–Crippen LogP) is 5.08. The van der Waals surface area contributed by atoms with Gasteiger partial charge in [-0.3, -0.25) is 9.56 Å². The van der Waals surface area contributed by atoms with Gasteiger partial charge in [-0.25, -0.2) is 0 Å². The van der Waals surface area contributed by atoms with Crippen molar-refractivity contribution in [2.24, 2.45) is 4.99 Å². The third kappa shape index (κ3) is 5.27. The van der Waals surface area contributed by atoms with E-state index in [1.54, 1.807) is 27.2 Å². The standard InChI is InChI=1S/C19H24NO4P/c1-4-23-25(21,24-5-2)19(17-9-7-6-8-10-17)20-15-16-11-13-18(22-3)14-12-16/h6-15,19H,4-5H2,1-3H3/t19-/m1/s1. The maximum Gasteiger partial charge on any atom is 0.359 e. The van der Waals surface area contributed by atoms with Gasteiger partial charge in [-0.2, -0.15) is 0 Å². The first kappa shape index (κ1) is 19.4. The Morgan fingerprint density at radius 3 is 2.12 bits per heavy atom. The van der Waals surface area contributed by atoms with Crippen molar-refractivity contribution in [1.29, 1.82) is 0 Å². The molecule has 6 heteroatoms. The van der Waals surface area contributed by atoms with Crippen molar-refractivity contribution in [1.82, 2.24) is 0 Å². The summed E-state index contributed by atoms with van der Waals surface area (Å²) in [6.45, 7) is 4.17. The molecule has 0 saturated heterocycles. The number of hydrogen-bond donors (Lipinski definition) is 0. The molecule has 134 valence electrons. The monoisotopic (exact) mass is 361 g/mol. The van der Waals surface area contributed by atoms with Gasteiger partial charge in [-0.05, 0) is 49.2 Å². The highest BCUT2D eigenvalue weighted by atomic mass is 31.2. The molecule has 0 aliphatic rings. The first-order valence-electron chi connectivity index (χ1n) is 8.24. The Balaban J connectivity index is 2.36. The summed E-state index contributed by atoms with van der Waals surface area (Å²) in [5.41, 5.74) is 1.67. The van der Waals surface area contributed by atoms with Crippen molar-refractivity contribution in [2.45, 2.75) is 19.6 Å². The fourth-order valence-electron chi connectivity index (χ4n) is 2.36. The molecule has 2 rings (SSSR count). The van der Waals surface area contributed by atoms with E-state index in [0.717, 1.165) is 16.9 Å². The molecule has 5 nitrogen and oxygen atoms in total. The minimum Gasteiger partial charge on any atom is -0.497 e. The lowest BCUT2D eigenvalue weighted by Crippen LogP contribution is -2.05. The highest BCUT2D eigenvalue weighted by Gasteiger charge is 2.36. The SMILES string of the molecule is CCOP(=O)(OCC)[C@@H](N=Cc1ccc(OC)cc1)c1ccccc1. The van der Waals surface area contributed by atoms with Crippen molar-refractivity contribution >= 4 is 13.8 Å². The minimum atomic E-state index is -3.43. The maximum atomic E-state index is 13.3. The molecule has 0 N–H and O–H groups in total. The van der Waals surface area contributed by atoms with Crippen molar-refractivity contribution in [2.75, 3.05) is 20.3 Å². The molecule has 0 aliphatic heterocycles. The summed E-state index contributed by atoms with van der Waals surface area (Å²) in [5, 5.41) is 0. The van der Waals surface area contributed by atoms with Crippen molar-refractivity contribution in [3.8, 4) is 5.75 Å². The number of hydrogen-bond acceptors (Lipinski definition) is 5. The van der Waals surface area contributed by atoms with Gasteiger partial charge in [0.25, 0.3) is 0 Å². The fraction of sp³-hybridized carbons (Fsp3) is 0.316. The summed E-state index contributed by atoms with van der Waals surface area (Å²) >= 11 is 0. The molecule has 0 unspecified atom stereocenters. The zero-order chi connectivity index (χ0) is 18.1. The first-order chi connectivity index (χ1) is 12.1. The quantitative estimate of drug-likeness (QED) is 0.462.